The highest BCUT2D eigenvalue weighted by Crippen LogP contribution is 2.42. The van der Waals surface area contributed by atoms with E-state index in [0.717, 1.165) is 61.3 Å². The molecule has 0 fully saturated rings. The molecule has 65 heavy (non-hydrogen) atoms. The van der Waals surface area contributed by atoms with Gasteiger partial charge in [0.2, 0.25) is 0 Å². The predicted octanol–water partition coefficient (Wildman–Crippen LogP) is 18.4. The second kappa shape index (κ2) is 15.2. The average Bonchev–Trinajstić information content (AvgIpc) is 3.95. The molecule has 304 valence electrons. The molecule has 0 saturated heterocycles. The molecule has 0 unspecified atom stereocenters. The number of hydrogen-bond acceptors (Lipinski definition) is 3. The maximum absolute atomic E-state index is 6.52. The lowest BCUT2D eigenvalue weighted by atomic mass is 9.93. The highest BCUT2D eigenvalue weighted by atomic mass is 32.1. The summed E-state index contributed by atoms with van der Waals surface area (Å²) in [5, 5.41) is 9.92. The number of anilines is 3. The molecule has 0 bridgehead atoms. The SMILES string of the molecule is c1ccc(-c2cccc3c2oc2ccc(-c4ccc(N(c5ccc(-c6ccc7sc8ccccc8c7c6)cc5)c5ccc(-c6cc7ccccc7c7ccccc67)cc5)cc4)cc23)cc1. The summed E-state index contributed by atoms with van der Waals surface area (Å²) in [6, 6.07) is 85.9. The number of rotatable bonds is 7. The van der Waals surface area contributed by atoms with Crippen LogP contribution in [0.15, 0.2) is 241 Å². The predicted molar refractivity (Wildman–Crippen MR) is 278 cm³/mol. The van der Waals surface area contributed by atoms with E-state index in [0.29, 0.717) is 0 Å². The fourth-order valence-electron chi connectivity index (χ4n) is 9.86. The van der Waals surface area contributed by atoms with Gasteiger partial charge in [0.25, 0.3) is 0 Å². The van der Waals surface area contributed by atoms with Crippen LogP contribution >= 0.6 is 11.3 Å². The van der Waals surface area contributed by atoms with Crippen LogP contribution in [0, 0.1) is 0 Å². The third-order valence-electron chi connectivity index (χ3n) is 13.1. The average molecular weight is 846 g/mol. The molecule has 2 nitrogen and oxygen atoms in total. The molecule has 0 amide bonds. The molecule has 0 aliphatic carbocycles. The minimum Gasteiger partial charge on any atom is -0.455 e. The van der Waals surface area contributed by atoms with Gasteiger partial charge < -0.3 is 9.32 Å². The molecule has 13 rings (SSSR count). The number of para-hydroxylation sites is 1. The van der Waals surface area contributed by atoms with Gasteiger partial charge in [0, 0.05) is 53.6 Å². The summed E-state index contributed by atoms with van der Waals surface area (Å²) < 4.78 is 9.16. The van der Waals surface area contributed by atoms with Crippen LogP contribution in [0.5, 0.6) is 0 Å². The standard InChI is InChI=1S/C62H39NOS/c1-2-11-42(12-3-1)51-18-10-19-55-57-37-44(27-35-59(57)64-62(51)55)40-21-29-47(30-22-40)63(48-31-23-41(24-32-48)45-28-36-61-58(38-45)54-17-8-9-20-60(54)65-61)49-33-25-43(26-34-49)56-39-46-13-4-5-14-50(46)52-15-6-7-16-53(52)56/h1-39H. The minimum absolute atomic E-state index is 0.891. The van der Waals surface area contributed by atoms with E-state index in [1.807, 2.05) is 17.4 Å². The number of furan rings is 1. The summed E-state index contributed by atoms with van der Waals surface area (Å²) >= 11 is 1.86. The van der Waals surface area contributed by atoms with Crippen LogP contribution in [0.2, 0.25) is 0 Å². The monoisotopic (exact) mass is 845 g/mol. The van der Waals surface area contributed by atoms with E-state index in [1.54, 1.807) is 0 Å². The largest absolute Gasteiger partial charge is 0.455 e. The van der Waals surface area contributed by atoms with E-state index in [1.165, 1.54) is 64.0 Å². The smallest absolute Gasteiger partial charge is 0.143 e. The third-order valence-corrected chi connectivity index (χ3v) is 14.2. The maximum atomic E-state index is 6.52. The Kier molecular flexibility index (Phi) is 8.75. The molecular weight excluding hydrogens is 807 g/mol. The lowest BCUT2D eigenvalue weighted by Gasteiger charge is -2.26. The molecule has 0 aliphatic heterocycles. The molecule has 3 heteroatoms. The van der Waals surface area contributed by atoms with Crippen LogP contribution in [-0.2, 0) is 0 Å². The fraction of sp³-hybridized carbons (Fsp3) is 0. The van der Waals surface area contributed by atoms with Crippen LogP contribution in [0.1, 0.15) is 0 Å². The zero-order chi connectivity index (χ0) is 42.8. The highest BCUT2D eigenvalue weighted by molar-refractivity contribution is 7.25. The number of nitrogens with zero attached hydrogens (tertiary/aromatic N) is 1. The Balaban J connectivity index is 0.888. The van der Waals surface area contributed by atoms with E-state index in [4.69, 9.17) is 4.42 Å². The second-order valence-corrected chi connectivity index (χ2v) is 17.9. The molecule has 2 aromatic heterocycles. The lowest BCUT2D eigenvalue weighted by Crippen LogP contribution is -2.09. The summed E-state index contributed by atoms with van der Waals surface area (Å²) in [6.07, 6.45) is 0. The zero-order valence-electron chi connectivity index (χ0n) is 35.3. The van der Waals surface area contributed by atoms with Gasteiger partial charge in [0.15, 0.2) is 0 Å². The van der Waals surface area contributed by atoms with E-state index in [9.17, 15) is 0 Å². The number of benzene rings is 11. The first-order valence-electron chi connectivity index (χ1n) is 22.1. The summed E-state index contributed by atoms with van der Waals surface area (Å²) in [5.74, 6) is 0. The second-order valence-electron chi connectivity index (χ2n) is 16.8. The van der Waals surface area contributed by atoms with E-state index >= 15 is 0 Å². The maximum Gasteiger partial charge on any atom is 0.143 e. The molecule has 0 spiro atoms. The van der Waals surface area contributed by atoms with E-state index in [-0.39, 0.29) is 0 Å². The Morgan fingerprint density at radius 3 is 1.54 bits per heavy atom. The van der Waals surface area contributed by atoms with Crippen LogP contribution in [0.4, 0.5) is 17.1 Å². The molecule has 13 aromatic rings. The first-order valence-corrected chi connectivity index (χ1v) is 23.0. The Morgan fingerprint density at radius 2 is 0.815 bits per heavy atom. The topological polar surface area (TPSA) is 16.4 Å². The van der Waals surface area contributed by atoms with Gasteiger partial charge in [-0.25, -0.2) is 0 Å². The first-order chi connectivity index (χ1) is 32.2. The minimum atomic E-state index is 0.891. The van der Waals surface area contributed by atoms with Crippen molar-refractivity contribution in [1.82, 2.24) is 0 Å². The van der Waals surface area contributed by atoms with E-state index < -0.39 is 0 Å². The number of fused-ring (bicyclic) bond motifs is 9. The molecule has 0 N–H and O–H groups in total. The Hall–Kier alpha value is -8.24. The van der Waals surface area contributed by atoms with Gasteiger partial charge in [0.05, 0.1) is 0 Å². The quantitative estimate of drug-likeness (QED) is 0.149. The van der Waals surface area contributed by atoms with Crippen molar-refractivity contribution in [3.05, 3.63) is 237 Å². The van der Waals surface area contributed by atoms with Crippen LogP contribution in [0.3, 0.4) is 0 Å². The summed E-state index contributed by atoms with van der Waals surface area (Å²) in [7, 11) is 0. The van der Waals surface area contributed by atoms with Crippen molar-refractivity contribution >= 4 is 92.1 Å². The van der Waals surface area contributed by atoms with Crippen LogP contribution in [-0.4, -0.2) is 0 Å². The first kappa shape index (κ1) is 37.3. The van der Waals surface area contributed by atoms with E-state index in [2.05, 4.69) is 235 Å². The Morgan fingerprint density at radius 1 is 0.292 bits per heavy atom. The van der Waals surface area contributed by atoms with Gasteiger partial charge in [0.1, 0.15) is 11.2 Å². The van der Waals surface area contributed by atoms with Crippen LogP contribution < -0.4 is 4.90 Å². The zero-order valence-corrected chi connectivity index (χ0v) is 36.1. The van der Waals surface area contributed by atoms with Gasteiger partial charge in [-0.2, -0.15) is 0 Å². The molecule has 11 aromatic carbocycles. The van der Waals surface area contributed by atoms with Crippen molar-refractivity contribution in [1.29, 1.82) is 0 Å². The highest BCUT2D eigenvalue weighted by Gasteiger charge is 2.17. The molecule has 0 aliphatic rings. The van der Waals surface area contributed by atoms with Crippen molar-refractivity contribution in [2.45, 2.75) is 0 Å². The van der Waals surface area contributed by atoms with Crippen molar-refractivity contribution in [3.8, 4) is 44.5 Å². The third kappa shape index (κ3) is 6.39. The molecular formula is C62H39NOS. The Bertz CT molecular complexity index is 3920. The molecule has 0 saturated carbocycles. The van der Waals surface area contributed by atoms with Gasteiger partial charge in [-0.15, -0.1) is 11.3 Å². The van der Waals surface area contributed by atoms with Crippen molar-refractivity contribution in [2.75, 3.05) is 4.90 Å². The number of hydrogen-bond donors (Lipinski definition) is 0. The fourth-order valence-corrected chi connectivity index (χ4v) is 11.0. The van der Waals surface area contributed by atoms with Crippen molar-refractivity contribution < 1.29 is 4.42 Å². The van der Waals surface area contributed by atoms with Gasteiger partial charge in [-0.3, -0.25) is 0 Å². The normalized spacial score (nSPS) is 11.7. The van der Waals surface area contributed by atoms with Gasteiger partial charge >= 0.3 is 0 Å². The lowest BCUT2D eigenvalue weighted by molar-refractivity contribution is 0.670. The summed E-state index contributed by atoms with van der Waals surface area (Å²) in [5.41, 5.74) is 14.5. The van der Waals surface area contributed by atoms with Gasteiger partial charge in [-0.05, 0) is 133 Å². The summed E-state index contributed by atoms with van der Waals surface area (Å²) in [6.45, 7) is 0. The molecule has 0 radical (unpaired) electrons. The number of thiophene rings is 1. The summed E-state index contributed by atoms with van der Waals surface area (Å²) in [4.78, 5) is 2.36. The van der Waals surface area contributed by atoms with Crippen molar-refractivity contribution in [3.63, 3.8) is 0 Å². The molecule has 0 atom stereocenters. The van der Waals surface area contributed by atoms with Crippen molar-refractivity contribution in [2.24, 2.45) is 0 Å². The van der Waals surface area contributed by atoms with Gasteiger partial charge in [-0.1, -0.05) is 164 Å². The Labute approximate surface area is 380 Å². The molecule has 2 heterocycles. The van der Waals surface area contributed by atoms with Crippen LogP contribution in [0.25, 0.3) is 108 Å².